The van der Waals surface area contributed by atoms with Crippen molar-refractivity contribution < 1.29 is 8.78 Å². The van der Waals surface area contributed by atoms with E-state index < -0.39 is 18.4 Å². The lowest BCUT2D eigenvalue weighted by molar-refractivity contribution is -0.0720. The Morgan fingerprint density at radius 3 is 2.15 bits per heavy atom. The van der Waals surface area contributed by atoms with Crippen LogP contribution >= 0.6 is 0 Å². The molecular formula is C10H19F2N. The first-order chi connectivity index (χ1) is 5.87. The fourth-order valence-electron chi connectivity index (χ4n) is 1.99. The molecule has 0 aromatic rings. The van der Waals surface area contributed by atoms with Gasteiger partial charge in [0.25, 0.3) is 5.92 Å². The van der Waals surface area contributed by atoms with Gasteiger partial charge in [-0.05, 0) is 31.1 Å². The fourth-order valence-corrected chi connectivity index (χ4v) is 1.99. The van der Waals surface area contributed by atoms with Crippen LogP contribution in [-0.2, 0) is 0 Å². The first-order valence-electron chi connectivity index (χ1n) is 4.95. The lowest BCUT2D eigenvalue weighted by Crippen LogP contribution is -2.39. The summed E-state index contributed by atoms with van der Waals surface area (Å²) in [5, 5.41) is 0. The second kappa shape index (κ2) is 3.52. The average molecular weight is 191 g/mol. The molecule has 0 unspecified atom stereocenters. The van der Waals surface area contributed by atoms with E-state index >= 15 is 0 Å². The molecule has 0 heterocycles. The zero-order chi connectivity index (χ0) is 10.1. The van der Waals surface area contributed by atoms with E-state index in [2.05, 4.69) is 13.8 Å². The highest BCUT2D eigenvalue weighted by atomic mass is 19.3. The van der Waals surface area contributed by atoms with Gasteiger partial charge in [-0.25, -0.2) is 8.78 Å². The summed E-state index contributed by atoms with van der Waals surface area (Å²) in [5.41, 5.74) is 5.31. The summed E-state index contributed by atoms with van der Waals surface area (Å²) in [7, 11) is 0. The Kier molecular flexibility index (Phi) is 2.95. The van der Waals surface area contributed by atoms with Crippen molar-refractivity contribution in [1.29, 1.82) is 0 Å². The SMILES string of the molecule is CC1(C)CCC(C(F)(F)CN)CC1. The lowest BCUT2D eigenvalue weighted by Gasteiger charge is -2.37. The summed E-state index contributed by atoms with van der Waals surface area (Å²) >= 11 is 0. The molecule has 1 saturated carbocycles. The summed E-state index contributed by atoms with van der Waals surface area (Å²) in [6, 6.07) is 0. The van der Waals surface area contributed by atoms with Crippen LogP contribution in [0.15, 0.2) is 0 Å². The van der Waals surface area contributed by atoms with Crippen molar-refractivity contribution >= 4 is 0 Å². The minimum Gasteiger partial charge on any atom is -0.325 e. The number of hydrogen-bond acceptors (Lipinski definition) is 1. The highest BCUT2D eigenvalue weighted by Crippen LogP contribution is 2.43. The molecule has 3 heteroatoms. The normalized spacial score (nSPS) is 24.7. The number of alkyl halides is 2. The van der Waals surface area contributed by atoms with Crippen molar-refractivity contribution in [3.05, 3.63) is 0 Å². The molecule has 13 heavy (non-hydrogen) atoms. The van der Waals surface area contributed by atoms with Gasteiger partial charge in [-0.3, -0.25) is 0 Å². The van der Waals surface area contributed by atoms with E-state index in [4.69, 9.17) is 5.73 Å². The van der Waals surface area contributed by atoms with Gasteiger partial charge < -0.3 is 5.73 Å². The van der Waals surface area contributed by atoms with Crippen molar-refractivity contribution in [3.8, 4) is 0 Å². The van der Waals surface area contributed by atoms with Crippen molar-refractivity contribution in [2.24, 2.45) is 17.1 Å². The Morgan fingerprint density at radius 2 is 1.77 bits per heavy atom. The average Bonchev–Trinajstić information content (AvgIpc) is 2.04. The van der Waals surface area contributed by atoms with E-state index in [-0.39, 0.29) is 5.41 Å². The number of rotatable bonds is 2. The summed E-state index contributed by atoms with van der Waals surface area (Å²) in [4.78, 5) is 0. The zero-order valence-corrected chi connectivity index (χ0v) is 8.45. The second-order valence-corrected chi connectivity index (χ2v) is 4.90. The van der Waals surface area contributed by atoms with Crippen LogP contribution in [0.2, 0.25) is 0 Å². The predicted molar refractivity (Wildman–Crippen MR) is 49.7 cm³/mol. The summed E-state index contributed by atoms with van der Waals surface area (Å²) in [5.74, 6) is -3.12. The van der Waals surface area contributed by atoms with Crippen LogP contribution in [0.5, 0.6) is 0 Å². The van der Waals surface area contributed by atoms with Crippen LogP contribution in [0.3, 0.4) is 0 Å². The third-order valence-corrected chi connectivity index (χ3v) is 3.21. The van der Waals surface area contributed by atoms with Gasteiger partial charge in [0.15, 0.2) is 0 Å². The maximum Gasteiger partial charge on any atom is 0.262 e. The maximum atomic E-state index is 13.2. The van der Waals surface area contributed by atoms with Gasteiger partial charge in [-0.15, -0.1) is 0 Å². The lowest BCUT2D eigenvalue weighted by atomic mass is 9.71. The van der Waals surface area contributed by atoms with Crippen molar-refractivity contribution in [1.82, 2.24) is 0 Å². The third-order valence-electron chi connectivity index (χ3n) is 3.21. The second-order valence-electron chi connectivity index (χ2n) is 4.90. The molecule has 0 aliphatic heterocycles. The van der Waals surface area contributed by atoms with E-state index in [9.17, 15) is 8.78 Å². The largest absolute Gasteiger partial charge is 0.325 e. The number of halogens is 2. The van der Waals surface area contributed by atoms with Crippen LogP contribution in [0.4, 0.5) is 8.78 Å². The predicted octanol–water partition coefficient (Wildman–Crippen LogP) is 2.80. The Balaban J connectivity index is 2.50. The fraction of sp³-hybridized carbons (Fsp3) is 1.00. The zero-order valence-electron chi connectivity index (χ0n) is 8.45. The van der Waals surface area contributed by atoms with E-state index in [1.165, 1.54) is 0 Å². The van der Waals surface area contributed by atoms with Gasteiger partial charge >= 0.3 is 0 Å². The Bertz CT molecular complexity index is 168. The van der Waals surface area contributed by atoms with Gasteiger partial charge in [-0.2, -0.15) is 0 Å². The van der Waals surface area contributed by atoms with E-state index in [1.807, 2.05) is 0 Å². The van der Waals surface area contributed by atoms with Crippen LogP contribution in [0.25, 0.3) is 0 Å². The van der Waals surface area contributed by atoms with Crippen LogP contribution in [0.1, 0.15) is 39.5 Å². The molecule has 1 fully saturated rings. The molecule has 0 aromatic carbocycles. The van der Waals surface area contributed by atoms with Crippen molar-refractivity contribution in [3.63, 3.8) is 0 Å². The van der Waals surface area contributed by atoms with Crippen molar-refractivity contribution in [2.75, 3.05) is 6.54 Å². The van der Waals surface area contributed by atoms with E-state index in [0.717, 1.165) is 12.8 Å². The van der Waals surface area contributed by atoms with Crippen LogP contribution < -0.4 is 5.73 Å². The quantitative estimate of drug-likeness (QED) is 0.713. The summed E-state index contributed by atoms with van der Waals surface area (Å²) in [6.07, 6.45) is 3.04. The Labute approximate surface area is 78.7 Å². The minimum atomic E-state index is -2.64. The first kappa shape index (κ1) is 10.9. The molecular weight excluding hydrogens is 172 g/mol. The molecule has 1 aliphatic rings. The van der Waals surface area contributed by atoms with Gasteiger partial charge in [0.1, 0.15) is 0 Å². The highest BCUT2D eigenvalue weighted by molar-refractivity contribution is 4.86. The monoisotopic (exact) mass is 191 g/mol. The summed E-state index contributed by atoms with van der Waals surface area (Å²) < 4.78 is 26.3. The van der Waals surface area contributed by atoms with Gasteiger partial charge in [0.05, 0.1) is 6.54 Å². The van der Waals surface area contributed by atoms with Crippen LogP contribution in [0, 0.1) is 11.3 Å². The smallest absolute Gasteiger partial charge is 0.262 e. The van der Waals surface area contributed by atoms with Gasteiger partial charge in [-0.1, -0.05) is 13.8 Å². The Hall–Kier alpha value is -0.180. The molecule has 0 saturated heterocycles. The molecule has 0 bridgehead atoms. The molecule has 2 N–H and O–H groups in total. The highest BCUT2D eigenvalue weighted by Gasteiger charge is 2.41. The van der Waals surface area contributed by atoms with Crippen LogP contribution in [-0.4, -0.2) is 12.5 Å². The molecule has 1 rings (SSSR count). The van der Waals surface area contributed by atoms with E-state index in [0.29, 0.717) is 12.8 Å². The third kappa shape index (κ3) is 2.63. The molecule has 0 radical (unpaired) electrons. The molecule has 0 atom stereocenters. The first-order valence-corrected chi connectivity index (χ1v) is 4.95. The maximum absolute atomic E-state index is 13.2. The van der Waals surface area contributed by atoms with E-state index in [1.54, 1.807) is 0 Å². The number of nitrogens with two attached hydrogens (primary N) is 1. The van der Waals surface area contributed by atoms with Gasteiger partial charge in [0.2, 0.25) is 0 Å². The summed E-state index contributed by atoms with van der Waals surface area (Å²) in [6.45, 7) is 3.78. The molecule has 0 spiro atoms. The minimum absolute atomic E-state index is 0.251. The molecule has 78 valence electrons. The number of hydrogen-bond donors (Lipinski definition) is 1. The Morgan fingerprint density at radius 1 is 1.31 bits per heavy atom. The molecule has 0 amide bonds. The van der Waals surface area contributed by atoms with Gasteiger partial charge in [0, 0.05) is 5.92 Å². The molecule has 0 aromatic heterocycles. The van der Waals surface area contributed by atoms with Crippen molar-refractivity contribution in [2.45, 2.75) is 45.5 Å². The topological polar surface area (TPSA) is 26.0 Å². The molecule has 1 aliphatic carbocycles. The molecule has 1 nitrogen and oxygen atoms in total. The standard InChI is InChI=1S/C10H19F2N/c1-9(2)5-3-8(4-6-9)10(11,12)7-13/h8H,3-7,13H2,1-2H3.